The number of hydrazine groups is 1. The van der Waals surface area contributed by atoms with E-state index in [0.717, 1.165) is 38.2 Å². The van der Waals surface area contributed by atoms with Gasteiger partial charge in [0.05, 0.1) is 0 Å². The Hall–Kier alpha value is -1.39. The fraction of sp³-hybridized carbons (Fsp3) is 0.533. The molecule has 0 unspecified atom stereocenters. The molecule has 0 bridgehead atoms. The van der Waals surface area contributed by atoms with Gasteiger partial charge in [0, 0.05) is 25.2 Å². The number of piperidine rings is 1. The molecule has 4 heteroatoms. The molecule has 0 atom stereocenters. The van der Waals surface area contributed by atoms with Gasteiger partial charge in [0.25, 0.3) is 5.91 Å². The van der Waals surface area contributed by atoms with E-state index in [1.807, 2.05) is 12.1 Å². The standard InChI is InChI=1S/C15H21N3O/c19-15(17-18-9-2-1-3-10-18)14-6-4-5-12-11-16-8-7-13(12)14/h4-6,16H,1-3,7-11H2,(H,17,19). The smallest absolute Gasteiger partial charge is 0.265 e. The first-order valence-electron chi connectivity index (χ1n) is 7.22. The number of carbonyl (C=O) groups is 1. The molecule has 2 N–H and O–H groups in total. The quantitative estimate of drug-likeness (QED) is 0.845. The number of benzene rings is 1. The molecule has 0 aliphatic carbocycles. The molecule has 0 saturated carbocycles. The minimum atomic E-state index is 0.0562. The lowest BCUT2D eigenvalue weighted by Gasteiger charge is -2.28. The third kappa shape index (κ3) is 2.80. The molecule has 2 heterocycles. The second-order valence-corrected chi connectivity index (χ2v) is 5.36. The zero-order valence-corrected chi connectivity index (χ0v) is 11.2. The zero-order chi connectivity index (χ0) is 13.1. The van der Waals surface area contributed by atoms with Gasteiger partial charge in [-0.15, -0.1) is 0 Å². The fourth-order valence-electron chi connectivity index (χ4n) is 2.95. The van der Waals surface area contributed by atoms with Crippen molar-refractivity contribution in [2.45, 2.75) is 32.2 Å². The maximum absolute atomic E-state index is 12.4. The molecule has 1 fully saturated rings. The van der Waals surface area contributed by atoms with Gasteiger partial charge in [-0.2, -0.15) is 0 Å². The molecule has 4 nitrogen and oxygen atoms in total. The molecule has 2 aliphatic heterocycles. The molecule has 1 saturated heterocycles. The summed E-state index contributed by atoms with van der Waals surface area (Å²) in [5, 5.41) is 5.41. The number of hydrogen-bond acceptors (Lipinski definition) is 3. The Morgan fingerprint density at radius 3 is 2.89 bits per heavy atom. The summed E-state index contributed by atoms with van der Waals surface area (Å²) >= 11 is 0. The second kappa shape index (κ2) is 5.72. The lowest BCUT2D eigenvalue weighted by molar-refractivity contribution is 0.0749. The van der Waals surface area contributed by atoms with Crippen molar-refractivity contribution in [2.75, 3.05) is 19.6 Å². The summed E-state index contributed by atoms with van der Waals surface area (Å²) < 4.78 is 0. The SMILES string of the molecule is O=C(NN1CCCCC1)c1cccc2c1CCNC2. The van der Waals surface area contributed by atoms with Crippen molar-refractivity contribution in [1.82, 2.24) is 15.8 Å². The molecular formula is C15H21N3O. The Morgan fingerprint density at radius 2 is 2.05 bits per heavy atom. The summed E-state index contributed by atoms with van der Waals surface area (Å²) in [5.74, 6) is 0.0562. The average molecular weight is 259 g/mol. The van der Waals surface area contributed by atoms with Crippen LogP contribution < -0.4 is 10.7 Å². The molecule has 102 valence electrons. The van der Waals surface area contributed by atoms with Crippen molar-refractivity contribution in [2.24, 2.45) is 0 Å². The maximum atomic E-state index is 12.4. The molecule has 1 aromatic rings. The number of rotatable bonds is 2. The third-order valence-electron chi connectivity index (χ3n) is 4.00. The molecule has 1 amide bonds. The van der Waals surface area contributed by atoms with Crippen LogP contribution in [0.4, 0.5) is 0 Å². The van der Waals surface area contributed by atoms with Crippen LogP contribution in [0, 0.1) is 0 Å². The Balaban J connectivity index is 1.75. The van der Waals surface area contributed by atoms with Gasteiger partial charge in [-0.1, -0.05) is 18.6 Å². The topological polar surface area (TPSA) is 44.4 Å². The summed E-state index contributed by atoms with van der Waals surface area (Å²) in [5.41, 5.74) is 6.39. The van der Waals surface area contributed by atoms with Crippen LogP contribution in [0.15, 0.2) is 18.2 Å². The summed E-state index contributed by atoms with van der Waals surface area (Å²) in [4.78, 5) is 12.4. The van der Waals surface area contributed by atoms with Crippen LogP contribution in [0.5, 0.6) is 0 Å². The molecule has 0 aromatic heterocycles. The van der Waals surface area contributed by atoms with Crippen LogP contribution in [0.25, 0.3) is 0 Å². The minimum absolute atomic E-state index is 0.0562. The summed E-state index contributed by atoms with van der Waals surface area (Å²) in [6, 6.07) is 6.04. The zero-order valence-electron chi connectivity index (χ0n) is 11.2. The molecular weight excluding hydrogens is 238 g/mol. The Kier molecular flexibility index (Phi) is 3.80. The predicted molar refractivity (Wildman–Crippen MR) is 74.7 cm³/mol. The van der Waals surface area contributed by atoms with Crippen molar-refractivity contribution in [1.29, 1.82) is 0 Å². The third-order valence-corrected chi connectivity index (χ3v) is 4.00. The first-order valence-corrected chi connectivity index (χ1v) is 7.22. The molecule has 3 rings (SSSR count). The van der Waals surface area contributed by atoms with Crippen LogP contribution in [0.3, 0.4) is 0 Å². The van der Waals surface area contributed by atoms with E-state index in [9.17, 15) is 4.79 Å². The highest BCUT2D eigenvalue weighted by Gasteiger charge is 2.19. The van der Waals surface area contributed by atoms with E-state index in [0.29, 0.717) is 0 Å². The second-order valence-electron chi connectivity index (χ2n) is 5.36. The van der Waals surface area contributed by atoms with Crippen molar-refractivity contribution >= 4 is 5.91 Å². The highest BCUT2D eigenvalue weighted by molar-refractivity contribution is 5.95. The number of nitrogens with zero attached hydrogens (tertiary/aromatic N) is 1. The van der Waals surface area contributed by atoms with Gasteiger partial charge >= 0.3 is 0 Å². The predicted octanol–water partition coefficient (Wildman–Crippen LogP) is 1.46. The van der Waals surface area contributed by atoms with Crippen molar-refractivity contribution in [3.63, 3.8) is 0 Å². The van der Waals surface area contributed by atoms with E-state index >= 15 is 0 Å². The Bertz CT molecular complexity index is 466. The number of hydrogen-bond donors (Lipinski definition) is 2. The first-order chi connectivity index (χ1) is 9.34. The van der Waals surface area contributed by atoms with Crippen molar-refractivity contribution < 1.29 is 4.79 Å². The van der Waals surface area contributed by atoms with E-state index in [-0.39, 0.29) is 5.91 Å². The summed E-state index contributed by atoms with van der Waals surface area (Å²) in [6.45, 7) is 3.78. The number of amides is 1. The van der Waals surface area contributed by atoms with E-state index in [1.165, 1.54) is 30.4 Å². The maximum Gasteiger partial charge on any atom is 0.265 e. The Labute approximate surface area is 114 Å². The number of fused-ring (bicyclic) bond motifs is 1. The van der Waals surface area contributed by atoms with E-state index < -0.39 is 0 Å². The molecule has 0 radical (unpaired) electrons. The first kappa shape index (κ1) is 12.6. The molecule has 1 aromatic carbocycles. The van der Waals surface area contributed by atoms with Crippen LogP contribution in [0.1, 0.15) is 40.7 Å². The number of nitrogens with one attached hydrogen (secondary N) is 2. The van der Waals surface area contributed by atoms with Crippen LogP contribution in [-0.4, -0.2) is 30.6 Å². The van der Waals surface area contributed by atoms with Crippen molar-refractivity contribution in [3.8, 4) is 0 Å². The highest BCUT2D eigenvalue weighted by Crippen LogP contribution is 2.19. The van der Waals surface area contributed by atoms with Gasteiger partial charge in [-0.25, -0.2) is 5.01 Å². The minimum Gasteiger partial charge on any atom is -0.312 e. The monoisotopic (exact) mass is 259 g/mol. The average Bonchev–Trinajstić information content (AvgIpc) is 2.47. The summed E-state index contributed by atoms with van der Waals surface area (Å²) in [6.07, 6.45) is 4.58. The van der Waals surface area contributed by atoms with Crippen LogP contribution in [-0.2, 0) is 13.0 Å². The lowest BCUT2D eigenvalue weighted by Crippen LogP contribution is -2.45. The van der Waals surface area contributed by atoms with Gasteiger partial charge < -0.3 is 5.32 Å². The Morgan fingerprint density at radius 1 is 1.21 bits per heavy atom. The summed E-state index contributed by atoms with van der Waals surface area (Å²) in [7, 11) is 0. The number of carbonyl (C=O) groups excluding carboxylic acids is 1. The van der Waals surface area contributed by atoms with E-state index in [4.69, 9.17) is 0 Å². The normalized spacial score (nSPS) is 19.8. The van der Waals surface area contributed by atoms with Crippen molar-refractivity contribution in [3.05, 3.63) is 34.9 Å². The van der Waals surface area contributed by atoms with Crippen LogP contribution >= 0.6 is 0 Å². The van der Waals surface area contributed by atoms with Gasteiger partial charge in [-0.3, -0.25) is 10.2 Å². The van der Waals surface area contributed by atoms with Gasteiger partial charge in [0.2, 0.25) is 0 Å². The highest BCUT2D eigenvalue weighted by atomic mass is 16.2. The molecule has 2 aliphatic rings. The largest absolute Gasteiger partial charge is 0.312 e. The van der Waals surface area contributed by atoms with E-state index in [2.05, 4.69) is 21.8 Å². The van der Waals surface area contributed by atoms with Gasteiger partial charge in [0.1, 0.15) is 0 Å². The van der Waals surface area contributed by atoms with Gasteiger partial charge in [0.15, 0.2) is 0 Å². The van der Waals surface area contributed by atoms with Gasteiger partial charge in [-0.05, 0) is 43.0 Å². The lowest BCUT2D eigenvalue weighted by atomic mass is 9.95. The molecule has 19 heavy (non-hydrogen) atoms. The molecule has 0 spiro atoms. The fourth-order valence-corrected chi connectivity index (χ4v) is 2.95. The van der Waals surface area contributed by atoms with E-state index in [1.54, 1.807) is 0 Å². The van der Waals surface area contributed by atoms with Crippen LogP contribution in [0.2, 0.25) is 0 Å².